The summed E-state index contributed by atoms with van der Waals surface area (Å²) in [6.07, 6.45) is 0.429. The summed E-state index contributed by atoms with van der Waals surface area (Å²) >= 11 is 1.40. The Labute approximate surface area is 202 Å². The molecular formula is C23H30FN5O4S. The van der Waals surface area contributed by atoms with Crippen LogP contribution in [0.15, 0.2) is 23.6 Å². The van der Waals surface area contributed by atoms with Gasteiger partial charge < -0.3 is 25.0 Å². The largest absolute Gasteiger partial charge is 0.379 e. The molecule has 2 aliphatic heterocycles. The summed E-state index contributed by atoms with van der Waals surface area (Å²) in [5, 5.41) is 8.04. The van der Waals surface area contributed by atoms with Crippen LogP contribution in [0.3, 0.4) is 0 Å². The molecule has 0 saturated carbocycles. The zero-order valence-electron chi connectivity index (χ0n) is 19.2. The Balaban J connectivity index is 1.47. The molecular weight excluding hydrogens is 461 g/mol. The van der Waals surface area contributed by atoms with E-state index < -0.39 is 6.67 Å². The Morgan fingerprint density at radius 1 is 1.26 bits per heavy atom. The number of benzene rings is 1. The predicted octanol–water partition coefficient (Wildman–Crippen LogP) is 2.15. The van der Waals surface area contributed by atoms with E-state index in [-0.39, 0.29) is 30.9 Å². The molecule has 2 amide bonds. The van der Waals surface area contributed by atoms with Crippen molar-refractivity contribution in [2.75, 3.05) is 69.9 Å². The Hall–Kier alpha value is -2.60. The first-order valence-electron chi connectivity index (χ1n) is 11.4. The molecule has 3 heterocycles. The fourth-order valence-electron chi connectivity index (χ4n) is 3.81. The van der Waals surface area contributed by atoms with Crippen LogP contribution in [0.2, 0.25) is 0 Å². The average molecular weight is 492 g/mol. The van der Waals surface area contributed by atoms with Gasteiger partial charge in [0.2, 0.25) is 0 Å². The minimum absolute atomic E-state index is 0.190. The highest BCUT2D eigenvalue weighted by molar-refractivity contribution is 7.14. The molecule has 4 rings (SSSR count). The number of aromatic nitrogens is 1. The number of nitrogens with one attached hydrogen (secondary N) is 2. The minimum Gasteiger partial charge on any atom is -0.379 e. The predicted molar refractivity (Wildman–Crippen MR) is 129 cm³/mol. The van der Waals surface area contributed by atoms with Gasteiger partial charge in [-0.1, -0.05) is 6.07 Å². The number of ether oxygens (including phenoxy) is 2. The van der Waals surface area contributed by atoms with E-state index in [1.54, 1.807) is 24.6 Å². The topological polar surface area (TPSA) is 96.0 Å². The van der Waals surface area contributed by atoms with E-state index in [1.165, 1.54) is 11.3 Å². The first kappa shape index (κ1) is 24.5. The second-order valence-electron chi connectivity index (χ2n) is 8.30. The van der Waals surface area contributed by atoms with Gasteiger partial charge in [-0.05, 0) is 24.1 Å². The number of amides is 2. The first-order chi connectivity index (χ1) is 16.6. The molecule has 9 nitrogen and oxygen atoms in total. The van der Waals surface area contributed by atoms with Crippen LogP contribution in [0.1, 0.15) is 32.8 Å². The number of alkyl halides is 1. The number of morpholine rings is 1. The molecule has 2 saturated heterocycles. The van der Waals surface area contributed by atoms with Crippen molar-refractivity contribution >= 4 is 34.0 Å². The van der Waals surface area contributed by atoms with Crippen molar-refractivity contribution in [3.05, 3.63) is 40.4 Å². The molecule has 2 fully saturated rings. The molecule has 0 bridgehead atoms. The monoisotopic (exact) mass is 491 g/mol. The lowest BCUT2D eigenvalue weighted by Crippen LogP contribution is -2.51. The number of anilines is 2. The third-order valence-corrected chi connectivity index (χ3v) is 6.76. The van der Waals surface area contributed by atoms with Crippen molar-refractivity contribution < 1.29 is 23.5 Å². The number of methoxy groups -OCH3 is 1. The first-order valence-corrected chi connectivity index (χ1v) is 12.3. The average Bonchev–Trinajstić information content (AvgIpc) is 3.30. The van der Waals surface area contributed by atoms with Gasteiger partial charge in [-0.2, -0.15) is 0 Å². The summed E-state index contributed by atoms with van der Waals surface area (Å²) in [7, 11) is 1.68. The molecule has 0 atom stereocenters. The summed E-state index contributed by atoms with van der Waals surface area (Å²) in [5.74, 6) is -0.734. The molecule has 0 spiro atoms. The number of nitrogens with zero attached hydrogens (tertiary/aromatic N) is 3. The molecule has 0 unspecified atom stereocenters. The molecule has 11 heteroatoms. The van der Waals surface area contributed by atoms with Crippen molar-refractivity contribution in [1.82, 2.24) is 15.2 Å². The van der Waals surface area contributed by atoms with Crippen LogP contribution >= 0.6 is 11.3 Å². The second kappa shape index (κ2) is 11.7. The van der Waals surface area contributed by atoms with Gasteiger partial charge in [0.25, 0.3) is 11.8 Å². The van der Waals surface area contributed by atoms with Gasteiger partial charge in [0.05, 0.1) is 37.2 Å². The molecule has 1 aromatic heterocycles. The number of thiazole rings is 1. The quantitative estimate of drug-likeness (QED) is 0.492. The van der Waals surface area contributed by atoms with Crippen molar-refractivity contribution in [3.8, 4) is 0 Å². The number of hydrogen-bond acceptors (Lipinski definition) is 8. The van der Waals surface area contributed by atoms with E-state index in [0.29, 0.717) is 36.7 Å². The standard InChI is InChI=1S/C23H30FN5O4S/c1-32-17-13-29(14-17)23-27-20(15-34-23)22(31)26-19-4-3-16(12-28-7-9-33-10-8-28)11-18(19)21(30)25-6-2-5-24/h3-4,11,15,17H,2,5-10,12-14H2,1H3,(H,25,30)(H,26,31). The number of carbonyl (C=O) groups excluding carboxylic acids is 2. The summed E-state index contributed by atoms with van der Waals surface area (Å²) < 4.78 is 23.2. The van der Waals surface area contributed by atoms with E-state index in [1.807, 2.05) is 6.07 Å². The summed E-state index contributed by atoms with van der Waals surface area (Å²) in [6.45, 7) is 4.91. The number of halogens is 1. The Morgan fingerprint density at radius 3 is 2.79 bits per heavy atom. The Morgan fingerprint density at radius 2 is 2.06 bits per heavy atom. The van der Waals surface area contributed by atoms with E-state index in [0.717, 1.165) is 36.9 Å². The smallest absolute Gasteiger partial charge is 0.275 e. The molecule has 2 N–H and O–H groups in total. The van der Waals surface area contributed by atoms with Crippen molar-refractivity contribution in [1.29, 1.82) is 0 Å². The van der Waals surface area contributed by atoms with Gasteiger partial charge in [0.1, 0.15) is 5.69 Å². The molecule has 0 radical (unpaired) electrons. The summed E-state index contributed by atoms with van der Waals surface area (Å²) in [4.78, 5) is 34.5. The lowest BCUT2D eigenvalue weighted by Gasteiger charge is -2.37. The van der Waals surface area contributed by atoms with Crippen LogP contribution in [-0.2, 0) is 16.0 Å². The second-order valence-corrected chi connectivity index (χ2v) is 9.14. The van der Waals surface area contributed by atoms with Gasteiger partial charge in [-0.25, -0.2) is 4.98 Å². The molecule has 184 valence electrons. The number of carbonyl (C=O) groups is 2. The van der Waals surface area contributed by atoms with Gasteiger partial charge in [-0.15, -0.1) is 11.3 Å². The minimum atomic E-state index is -0.505. The summed E-state index contributed by atoms with van der Waals surface area (Å²) in [6, 6.07) is 5.43. The summed E-state index contributed by atoms with van der Waals surface area (Å²) in [5.41, 5.74) is 1.99. The number of rotatable bonds is 10. The third kappa shape index (κ3) is 6.09. The maximum Gasteiger partial charge on any atom is 0.275 e. The van der Waals surface area contributed by atoms with Crippen LogP contribution in [0.4, 0.5) is 15.2 Å². The van der Waals surface area contributed by atoms with Gasteiger partial charge in [0, 0.05) is 51.8 Å². The van der Waals surface area contributed by atoms with E-state index in [4.69, 9.17) is 9.47 Å². The van der Waals surface area contributed by atoms with Crippen molar-refractivity contribution in [2.45, 2.75) is 19.1 Å². The number of hydrogen-bond donors (Lipinski definition) is 2. The van der Waals surface area contributed by atoms with Gasteiger partial charge in [0.15, 0.2) is 5.13 Å². The van der Waals surface area contributed by atoms with E-state index in [9.17, 15) is 14.0 Å². The maximum absolute atomic E-state index is 12.9. The lowest BCUT2D eigenvalue weighted by molar-refractivity contribution is 0.0342. The van der Waals surface area contributed by atoms with Gasteiger partial charge in [-0.3, -0.25) is 18.9 Å². The molecule has 0 aliphatic carbocycles. The molecule has 2 aliphatic rings. The molecule has 1 aromatic carbocycles. The SMILES string of the molecule is COC1CN(c2nc(C(=O)Nc3ccc(CN4CCOCC4)cc3C(=O)NCCCF)cs2)C1. The van der Waals surface area contributed by atoms with E-state index in [2.05, 4.69) is 25.4 Å². The van der Waals surface area contributed by atoms with Crippen LogP contribution in [0, 0.1) is 0 Å². The van der Waals surface area contributed by atoms with Crippen LogP contribution in [-0.4, -0.2) is 87.5 Å². The van der Waals surface area contributed by atoms with Crippen LogP contribution < -0.4 is 15.5 Å². The van der Waals surface area contributed by atoms with Crippen molar-refractivity contribution in [2.24, 2.45) is 0 Å². The highest BCUT2D eigenvalue weighted by Crippen LogP contribution is 2.27. The Bertz CT molecular complexity index is 991. The molecule has 2 aromatic rings. The fourth-order valence-corrected chi connectivity index (χ4v) is 4.64. The normalized spacial score (nSPS) is 16.8. The maximum atomic E-state index is 12.9. The van der Waals surface area contributed by atoms with Crippen LogP contribution in [0.25, 0.3) is 0 Å². The molecule has 34 heavy (non-hydrogen) atoms. The van der Waals surface area contributed by atoms with Gasteiger partial charge >= 0.3 is 0 Å². The Kier molecular flexibility index (Phi) is 8.44. The lowest BCUT2D eigenvalue weighted by atomic mass is 10.1. The highest BCUT2D eigenvalue weighted by Gasteiger charge is 2.29. The van der Waals surface area contributed by atoms with Crippen molar-refractivity contribution in [3.63, 3.8) is 0 Å². The van der Waals surface area contributed by atoms with E-state index >= 15 is 0 Å². The zero-order chi connectivity index (χ0) is 23.9. The zero-order valence-corrected chi connectivity index (χ0v) is 20.0. The highest BCUT2D eigenvalue weighted by atomic mass is 32.1. The third-order valence-electron chi connectivity index (χ3n) is 5.86. The fraction of sp³-hybridized carbons (Fsp3) is 0.522. The van der Waals surface area contributed by atoms with Crippen LogP contribution in [0.5, 0.6) is 0 Å².